The van der Waals surface area contributed by atoms with Gasteiger partial charge in [0.1, 0.15) is 18.1 Å². The van der Waals surface area contributed by atoms with Gasteiger partial charge in [-0.2, -0.15) is 0 Å². The number of aromatic carboxylic acids is 1. The van der Waals surface area contributed by atoms with Crippen molar-refractivity contribution in [2.45, 2.75) is 38.5 Å². The van der Waals surface area contributed by atoms with Crippen LogP contribution in [0.2, 0.25) is 0 Å². The van der Waals surface area contributed by atoms with Crippen molar-refractivity contribution in [2.75, 3.05) is 20.2 Å². The second kappa shape index (κ2) is 8.87. The van der Waals surface area contributed by atoms with E-state index in [0.717, 1.165) is 31.9 Å². The molecule has 0 bridgehead atoms. The topological polar surface area (TPSA) is 72.1 Å². The van der Waals surface area contributed by atoms with Crippen LogP contribution >= 0.6 is 0 Å². The summed E-state index contributed by atoms with van der Waals surface area (Å²) in [6.45, 7) is 2.89. The average molecular weight is 359 g/mol. The number of hydrogen-bond acceptors (Lipinski definition) is 5. The van der Waals surface area contributed by atoms with Crippen LogP contribution in [0.5, 0.6) is 5.75 Å². The Balaban J connectivity index is 1.45. The molecule has 0 amide bonds. The summed E-state index contributed by atoms with van der Waals surface area (Å²) in [6.07, 6.45) is 3.93. The smallest absolute Gasteiger partial charge is 0.371 e. The first-order valence-electron chi connectivity index (χ1n) is 8.94. The molecule has 1 aliphatic rings. The normalized spacial score (nSPS) is 17.4. The van der Waals surface area contributed by atoms with E-state index in [1.54, 1.807) is 6.07 Å². The number of furan rings is 1. The van der Waals surface area contributed by atoms with Crippen molar-refractivity contribution in [1.82, 2.24) is 4.90 Å². The predicted molar refractivity (Wildman–Crippen MR) is 96.4 cm³/mol. The van der Waals surface area contributed by atoms with Crippen molar-refractivity contribution in [3.63, 3.8) is 0 Å². The highest BCUT2D eigenvalue weighted by atomic mass is 16.5. The molecule has 6 heteroatoms. The number of benzene rings is 1. The lowest BCUT2D eigenvalue weighted by atomic mass is 10.1. The van der Waals surface area contributed by atoms with Crippen LogP contribution in [0, 0.1) is 0 Å². The van der Waals surface area contributed by atoms with Crippen LogP contribution in [0.3, 0.4) is 0 Å². The number of carboxylic acids is 1. The summed E-state index contributed by atoms with van der Waals surface area (Å²) in [6, 6.07) is 11.0. The van der Waals surface area contributed by atoms with Crippen molar-refractivity contribution in [1.29, 1.82) is 0 Å². The van der Waals surface area contributed by atoms with Crippen molar-refractivity contribution in [3.8, 4) is 5.75 Å². The van der Waals surface area contributed by atoms with Gasteiger partial charge in [-0.25, -0.2) is 4.79 Å². The molecule has 1 N–H and O–H groups in total. The standard InChI is InChI=1S/C20H25NO5/c1-21(13-17-4-2-3-11-24-17)12-15-5-7-16(8-6-15)25-14-18-9-10-19(26-18)20(22)23/h5-10,17H,2-4,11-14H2,1H3,(H,22,23). The zero-order valence-corrected chi connectivity index (χ0v) is 15.0. The van der Waals surface area contributed by atoms with Gasteiger partial charge in [0.05, 0.1) is 6.10 Å². The quantitative estimate of drug-likeness (QED) is 0.777. The fourth-order valence-electron chi connectivity index (χ4n) is 3.09. The Kier molecular flexibility index (Phi) is 6.30. The molecular weight excluding hydrogens is 334 g/mol. The summed E-state index contributed by atoms with van der Waals surface area (Å²) < 4.78 is 16.6. The van der Waals surface area contributed by atoms with Gasteiger partial charge in [-0.05, 0) is 56.1 Å². The van der Waals surface area contributed by atoms with Crippen LogP contribution in [-0.4, -0.2) is 42.3 Å². The van der Waals surface area contributed by atoms with E-state index >= 15 is 0 Å². The number of nitrogens with zero attached hydrogens (tertiary/aromatic N) is 1. The minimum absolute atomic E-state index is 0.0797. The van der Waals surface area contributed by atoms with E-state index in [4.69, 9.17) is 19.0 Å². The molecule has 1 atom stereocenters. The molecule has 1 aromatic carbocycles. The molecule has 1 aliphatic heterocycles. The maximum absolute atomic E-state index is 10.8. The Morgan fingerprint density at radius 3 is 2.69 bits per heavy atom. The number of ether oxygens (including phenoxy) is 2. The summed E-state index contributed by atoms with van der Waals surface area (Å²) in [7, 11) is 2.11. The lowest BCUT2D eigenvalue weighted by Gasteiger charge is -2.27. The van der Waals surface area contributed by atoms with E-state index in [1.807, 2.05) is 24.3 Å². The number of rotatable bonds is 8. The largest absolute Gasteiger partial charge is 0.486 e. The maximum Gasteiger partial charge on any atom is 0.371 e. The van der Waals surface area contributed by atoms with Gasteiger partial charge in [0.2, 0.25) is 5.76 Å². The van der Waals surface area contributed by atoms with Gasteiger partial charge in [-0.1, -0.05) is 12.1 Å². The van der Waals surface area contributed by atoms with E-state index in [1.165, 1.54) is 24.5 Å². The van der Waals surface area contributed by atoms with E-state index in [2.05, 4.69) is 11.9 Å². The lowest BCUT2D eigenvalue weighted by molar-refractivity contribution is -0.00259. The summed E-state index contributed by atoms with van der Waals surface area (Å²) in [5, 5.41) is 8.84. The highest BCUT2D eigenvalue weighted by Gasteiger charge is 2.16. The fourth-order valence-corrected chi connectivity index (χ4v) is 3.09. The van der Waals surface area contributed by atoms with Gasteiger partial charge in [-0.15, -0.1) is 0 Å². The Morgan fingerprint density at radius 2 is 2.04 bits per heavy atom. The van der Waals surface area contributed by atoms with E-state index < -0.39 is 5.97 Å². The van der Waals surface area contributed by atoms with Gasteiger partial charge in [0, 0.05) is 19.7 Å². The van der Waals surface area contributed by atoms with E-state index in [9.17, 15) is 4.79 Å². The summed E-state index contributed by atoms with van der Waals surface area (Å²) >= 11 is 0. The molecule has 6 nitrogen and oxygen atoms in total. The molecule has 0 spiro atoms. The Hall–Kier alpha value is -2.31. The average Bonchev–Trinajstić information content (AvgIpc) is 3.11. The van der Waals surface area contributed by atoms with E-state index in [-0.39, 0.29) is 12.4 Å². The van der Waals surface area contributed by atoms with Crippen LogP contribution in [0.1, 0.15) is 41.1 Å². The third kappa shape index (κ3) is 5.34. The first-order chi connectivity index (χ1) is 12.6. The second-order valence-electron chi connectivity index (χ2n) is 6.69. The van der Waals surface area contributed by atoms with Gasteiger partial charge < -0.3 is 19.0 Å². The first-order valence-corrected chi connectivity index (χ1v) is 8.94. The van der Waals surface area contributed by atoms with Crippen molar-refractivity contribution in [2.24, 2.45) is 0 Å². The molecule has 1 saturated heterocycles. The first kappa shape index (κ1) is 18.5. The number of carboxylic acid groups (broad SMARTS) is 1. The Bertz CT molecular complexity index is 703. The number of likely N-dealkylation sites (N-methyl/N-ethyl adjacent to an activating group) is 1. The van der Waals surface area contributed by atoms with Gasteiger partial charge in [0.25, 0.3) is 0 Å². The highest BCUT2D eigenvalue weighted by molar-refractivity contribution is 5.84. The molecular formula is C20H25NO5. The molecule has 140 valence electrons. The molecule has 0 saturated carbocycles. The monoisotopic (exact) mass is 359 g/mol. The minimum atomic E-state index is -1.08. The SMILES string of the molecule is CN(Cc1ccc(OCc2ccc(C(=O)O)o2)cc1)CC1CCCCO1. The van der Waals surface area contributed by atoms with Crippen LogP contribution in [0.15, 0.2) is 40.8 Å². The van der Waals surface area contributed by atoms with Crippen LogP contribution in [0.25, 0.3) is 0 Å². The Morgan fingerprint density at radius 1 is 1.23 bits per heavy atom. The maximum atomic E-state index is 10.8. The summed E-state index contributed by atoms with van der Waals surface area (Å²) in [4.78, 5) is 13.1. The Labute approximate surface area is 153 Å². The lowest BCUT2D eigenvalue weighted by Crippen LogP contribution is -2.33. The van der Waals surface area contributed by atoms with Gasteiger partial charge in [-0.3, -0.25) is 4.90 Å². The molecule has 1 unspecified atom stereocenters. The summed E-state index contributed by atoms with van der Waals surface area (Å²) in [5.74, 6) is 0.0475. The van der Waals surface area contributed by atoms with Crippen LogP contribution in [0.4, 0.5) is 0 Å². The molecule has 3 rings (SSSR count). The van der Waals surface area contributed by atoms with Crippen molar-refractivity contribution >= 4 is 5.97 Å². The van der Waals surface area contributed by atoms with Crippen LogP contribution < -0.4 is 4.74 Å². The van der Waals surface area contributed by atoms with Crippen molar-refractivity contribution in [3.05, 3.63) is 53.5 Å². The van der Waals surface area contributed by atoms with E-state index in [0.29, 0.717) is 11.9 Å². The highest BCUT2D eigenvalue weighted by Crippen LogP contribution is 2.18. The molecule has 2 heterocycles. The number of hydrogen-bond donors (Lipinski definition) is 1. The van der Waals surface area contributed by atoms with Crippen LogP contribution in [-0.2, 0) is 17.9 Å². The molecule has 1 fully saturated rings. The fraction of sp³-hybridized carbons (Fsp3) is 0.450. The zero-order valence-electron chi connectivity index (χ0n) is 15.0. The molecule has 26 heavy (non-hydrogen) atoms. The molecule has 0 radical (unpaired) electrons. The third-order valence-corrected chi connectivity index (χ3v) is 4.42. The van der Waals surface area contributed by atoms with Gasteiger partial charge >= 0.3 is 5.97 Å². The molecule has 1 aromatic heterocycles. The molecule has 0 aliphatic carbocycles. The predicted octanol–water partition coefficient (Wildman–Crippen LogP) is 3.56. The minimum Gasteiger partial charge on any atom is -0.486 e. The number of carbonyl (C=O) groups is 1. The summed E-state index contributed by atoms with van der Waals surface area (Å²) in [5.41, 5.74) is 1.21. The molecule has 2 aromatic rings. The zero-order chi connectivity index (χ0) is 18.4. The van der Waals surface area contributed by atoms with Gasteiger partial charge in [0.15, 0.2) is 0 Å². The van der Waals surface area contributed by atoms with Crippen molar-refractivity contribution < 1.29 is 23.8 Å². The second-order valence-corrected chi connectivity index (χ2v) is 6.69. The third-order valence-electron chi connectivity index (χ3n) is 4.42.